The lowest BCUT2D eigenvalue weighted by Crippen LogP contribution is -2.56. The highest BCUT2D eigenvalue weighted by molar-refractivity contribution is 5.02. The van der Waals surface area contributed by atoms with E-state index in [0.717, 1.165) is 24.9 Å². The average molecular weight is 290 g/mol. The standard InChI is InChI=1S/C15H25F3N2/c16-15(17,18)13-4-6-14(10-19,7-5-13)20-8-11-2-1-3-12(11)9-20/h11-13H,1-10,19H2. The van der Waals surface area contributed by atoms with Gasteiger partial charge in [0.2, 0.25) is 0 Å². The zero-order chi connectivity index (χ0) is 14.4. The summed E-state index contributed by atoms with van der Waals surface area (Å²) in [6.07, 6.45) is 1.65. The Hall–Kier alpha value is -0.290. The van der Waals surface area contributed by atoms with E-state index in [-0.39, 0.29) is 18.4 Å². The van der Waals surface area contributed by atoms with Crippen LogP contribution in [0.1, 0.15) is 44.9 Å². The summed E-state index contributed by atoms with van der Waals surface area (Å²) in [7, 11) is 0. The van der Waals surface area contributed by atoms with Gasteiger partial charge in [-0.2, -0.15) is 13.2 Å². The molecule has 0 radical (unpaired) electrons. The molecule has 3 aliphatic rings. The van der Waals surface area contributed by atoms with Crippen LogP contribution in [-0.4, -0.2) is 36.2 Å². The second kappa shape index (κ2) is 5.16. The fourth-order valence-electron chi connectivity index (χ4n) is 4.75. The van der Waals surface area contributed by atoms with Gasteiger partial charge in [-0.05, 0) is 50.4 Å². The van der Waals surface area contributed by atoms with Gasteiger partial charge in [-0.15, -0.1) is 0 Å². The van der Waals surface area contributed by atoms with Crippen LogP contribution in [0.2, 0.25) is 0 Å². The van der Waals surface area contributed by atoms with Crippen molar-refractivity contribution in [2.24, 2.45) is 23.5 Å². The molecule has 0 aromatic rings. The summed E-state index contributed by atoms with van der Waals surface area (Å²) < 4.78 is 38.5. The van der Waals surface area contributed by atoms with Gasteiger partial charge in [0.15, 0.2) is 0 Å². The predicted octanol–water partition coefficient (Wildman–Crippen LogP) is 3.17. The van der Waals surface area contributed by atoms with Crippen LogP contribution in [0.15, 0.2) is 0 Å². The third-order valence-corrected chi connectivity index (χ3v) is 6.16. The van der Waals surface area contributed by atoms with E-state index < -0.39 is 12.1 Å². The second-order valence-electron chi connectivity index (χ2n) is 7.10. The maximum Gasteiger partial charge on any atom is 0.391 e. The van der Waals surface area contributed by atoms with Crippen molar-refractivity contribution in [1.29, 1.82) is 0 Å². The molecule has 2 unspecified atom stereocenters. The lowest BCUT2D eigenvalue weighted by atomic mass is 9.75. The van der Waals surface area contributed by atoms with Crippen LogP contribution in [0, 0.1) is 17.8 Å². The first kappa shape index (κ1) is 14.6. The molecule has 0 amide bonds. The van der Waals surface area contributed by atoms with Crippen molar-refractivity contribution in [3.05, 3.63) is 0 Å². The van der Waals surface area contributed by atoms with E-state index in [9.17, 15) is 13.2 Å². The van der Waals surface area contributed by atoms with Crippen LogP contribution in [0.4, 0.5) is 13.2 Å². The van der Waals surface area contributed by atoms with Crippen LogP contribution in [0.3, 0.4) is 0 Å². The van der Waals surface area contributed by atoms with Crippen molar-refractivity contribution in [3.63, 3.8) is 0 Å². The molecule has 1 heterocycles. The van der Waals surface area contributed by atoms with Gasteiger partial charge in [0.25, 0.3) is 0 Å². The molecule has 0 bridgehead atoms. The van der Waals surface area contributed by atoms with Gasteiger partial charge in [-0.1, -0.05) is 6.42 Å². The zero-order valence-corrected chi connectivity index (χ0v) is 12.0. The first-order chi connectivity index (χ1) is 9.44. The molecule has 2 nitrogen and oxygen atoms in total. The van der Waals surface area contributed by atoms with Gasteiger partial charge in [-0.3, -0.25) is 4.90 Å². The maximum atomic E-state index is 12.8. The number of nitrogens with zero attached hydrogens (tertiary/aromatic N) is 1. The Morgan fingerprint density at radius 1 is 1.00 bits per heavy atom. The van der Waals surface area contributed by atoms with E-state index in [4.69, 9.17) is 5.73 Å². The summed E-state index contributed by atoms with van der Waals surface area (Å²) in [5, 5.41) is 0. The minimum absolute atomic E-state index is 0.147. The molecule has 0 spiro atoms. The topological polar surface area (TPSA) is 29.3 Å². The highest BCUT2D eigenvalue weighted by Gasteiger charge is 2.50. The van der Waals surface area contributed by atoms with Crippen LogP contribution >= 0.6 is 0 Å². The number of likely N-dealkylation sites (tertiary alicyclic amines) is 1. The minimum Gasteiger partial charge on any atom is -0.329 e. The number of halogens is 3. The minimum atomic E-state index is -4.03. The summed E-state index contributed by atoms with van der Waals surface area (Å²) >= 11 is 0. The highest BCUT2D eigenvalue weighted by Crippen LogP contribution is 2.47. The molecule has 2 saturated carbocycles. The Bertz CT molecular complexity index is 336. The Kier molecular flexibility index (Phi) is 3.78. The smallest absolute Gasteiger partial charge is 0.329 e. The summed E-state index contributed by atoms with van der Waals surface area (Å²) in [5.74, 6) is 0.446. The molecule has 1 aliphatic heterocycles. The number of hydrogen-bond acceptors (Lipinski definition) is 2. The molecule has 116 valence electrons. The van der Waals surface area contributed by atoms with Gasteiger partial charge in [0.1, 0.15) is 0 Å². The highest BCUT2D eigenvalue weighted by atomic mass is 19.4. The molecule has 1 saturated heterocycles. The van der Waals surface area contributed by atoms with E-state index >= 15 is 0 Å². The SMILES string of the molecule is NCC1(N2CC3CCCC3C2)CCC(C(F)(F)F)CC1. The van der Waals surface area contributed by atoms with Crippen molar-refractivity contribution < 1.29 is 13.2 Å². The summed E-state index contributed by atoms with van der Waals surface area (Å²) in [4.78, 5) is 2.45. The van der Waals surface area contributed by atoms with Crippen LogP contribution < -0.4 is 5.73 Å². The van der Waals surface area contributed by atoms with Crippen molar-refractivity contribution >= 4 is 0 Å². The van der Waals surface area contributed by atoms with Crippen molar-refractivity contribution in [1.82, 2.24) is 4.90 Å². The fourth-order valence-corrected chi connectivity index (χ4v) is 4.75. The van der Waals surface area contributed by atoms with Crippen molar-refractivity contribution in [3.8, 4) is 0 Å². The maximum absolute atomic E-state index is 12.8. The van der Waals surface area contributed by atoms with Crippen molar-refractivity contribution in [2.75, 3.05) is 19.6 Å². The Morgan fingerprint density at radius 2 is 1.55 bits per heavy atom. The molecule has 2 atom stereocenters. The van der Waals surface area contributed by atoms with Gasteiger partial charge in [-0.25, -0.2) is 0 Å². The molecule has 2 N–H and O–H groups in total. The Morgan fingerprint density at radius 3 is 2.00 bits per heavy atom. The fraction of sp³-hybridized carbons (Fsp3) is 1.00. The largest absolute Gasteiger partial charge is 0.391 e. The second-order valence-corrected chi connectivity index (χ2v) is 7.10. The van der Waals surface area contributed by atoms with Crippen LogP contribution in [-0.2, 0) is 0 Å². The predicted molar refractivity (Wildman–Crippen MR) is 72.2 cm³/mol. The molecular weight excluding hydrogens is 265 g/mol. The van der Waals surface area contributed by atoms with Gasteiger partial charge >= 0.3 is 6.18 Å². The Labute approximate surface area is 118 Å². The summed E-state index contributed by atoms with van der Waals surface area (Å²) in [5.41, 5.74) is 5.85. The lowest BCUT2D eigenvalue weighted by molar-refractivity contribution is -0.188. The first-order valence-electron chi connectivity index (χ1n) is 7.96. The molecule has 0 aromatic heterocycles. The average Bonchev–Trinajstić information content (AvgIpc) is 2.98. The molecular formula is C15H25F3N2. The third kappa shape index (κ3) is 2.47. The summed E-state index contributed by atoms with van der Waals surface area (Å²) in [6.45, 7) is 2.65. The van der Waals surface area contributed by atoms with Crippen molar-refractivity contribution in [2.45, 2.75) is 56.7 Å². The van der Waals surface area contributed by atoms with E-state index in [0.29, 0.717) is 19.4 Å². The monoisotopic (exact) mass is 290 g/mol. The quantitative estimate of drug-likeness (QED) is 0.846. The zero-order valence-electron chi connectivity index (χ0n) is 12.0. The number of nitrogens with two attached hydrogens (primary N) is 1. The molecule has 2 aliphatic carbocycles. The number of fused-ring (bicyclic) bond motifs is 1. The number of hydrogen-bond donors (Lipinski definition) is 1. The normalized spacial score (nSPS) is 42.9. The first-order valence-corrected chi connectivity index (χ1v) is 7.96. The van der Waals surface area contributed by atoms with Crippen LogP contribution in [0.25, 0.3) is 0 Å². The molecule has 3 rings (SSSR count). The molecule has 0 aromatic carbocycles. The summed E-state index contributed by atoms with van der Waals surface area (Å²) in [6, 6.07) is 0. The van der Waals surface area contributed by atoms with E-state index in [1.807, 2.05) is 0 Å². The van der Waals surface area contributed by atoms with E-state index in [1.54, 1.807) is 0 Å². The van der Waals surface area contributed by atoms with Crippen LogP contribution in [0.5, 0.6) is 0 Å². The van der Waals surface area contributed by atoms with Gasteiger partial charge < -0.3 is 5.73 Å². The third-order valence-electron chi connectivity index (χ3n) is 6.16. The van der Waals surface area contributed by atoms with E-state index in [1.165, 1.54) is 19.3 Å². The molecule has 5 heteroatoms. The van der Waals surface area contributed by atoms with Gasteiger partial charge in [0.05, 0.1) is 5.92 Å². The Balaban J connectivity index is 1.65. The van der Waals surface area contributed by atoms with Gasteiger partial charge in [0, 0.05) is 25.2 Å². The van der Waals surface area contributed by atoms with E-state index in [2.05, 4.69) is 4.90 Å². The number of alkyl halides is 3. The molecule has 3 fully saturated rings. The lowest BCUT2D eigenvalue weighted by Gasteiger charge is -2.46. The number of rotatable bonds is 2. The molecule has 20 heavy (non-hydrogen) atoms.